The number of rotatable bonds is 1. The molecule has 2 fully saturated rings. The number of hydrogen-bond donors (Lipinski definition) is 1. The highest BCUT2D eigenvalue weighted by molar-refractivity contribution is 5.84. The third-order valence-electron chi connectivity index (χ3n) is 4.55. The third-order valence-corrected chi connectivity index (χ3v) is 4.55. The van der Waals surface area contributed by atoms with E-state index < -0.39 is 5.60 Å². The van der Waals surface area contributed by atoms with Crippen molar-refractivity contribution < 1.29 is 9.90 Å². The molecule has 1 amide bonds. The molecule has 3 heteroatoms. The van der Waals surface area contributed by atoms with Gasteiger partial charge in [-0.15, -0.1) is 0 Å². The predicted molar refractivity (Wildman–Crippen MR) is 62.8 cm³/mol. The first-order chi connectivity index (χ1) is 7.30. The van der Waals surface area contributed by atoms with Gasteiger partial charge in [-0.05, 0) is 43.9 Å². The molecular weight excluding hydrogens is 202 g/mol. The van der Waals surface area contributed by atoms with Crippen LogP contribution in [-0.2, 0) is 4.79 Å². The first kappa shape index (κ1) is 11.9. The zero-order valence-corrected chi connectivity index (χ0v) is 10.7. The van der Waals surface area contributed by atoms with Gasteiger partial charge in [0.25, 0.3) is 5.91 Å². The highest BCUT2D eigenvalue weighted by Gasteiger charge is 2.46. The quantitative estimate of drug-likeness (QED) is 0.735. The van der Waals surface area contributed by atoms with Gasteiger partial charge in [-0.3, -0.25) is 4.79 Å². The fraction of sp³-hybridized carbons (Fsp3) is 0.923. The Morgan fingerprint density at radius 2 is 1.94 bits per heavy atom. The molecule has 1 N–H and O–H groups in total. The molecule has 1 heterocycles. The van der Waals surface area contributed by atoms with Gasteiger partial charge in [0.05, 0.1) is 0 Å². The largest absolute Gasteiger partial charge is 0.381 e. The van der Waals surface area contributed by atoms with Crippen LogP contribution in [0.5, 0.6) is 0 Å². The van der Waals surface area contributed by atoms with Crippen LogP contribution in [0.4, 0.5) is 0 Å². The number of nitrogens with zero attached hydrogens (tertiary/aromatic N) is 1. The summed E-state index contributed by atoms with van der Waals surface area (Å²) in [6, 6.07) is 0. The molecule has 16 heavy (non-hydrogen) atoms. The van der Waals surface area contributed by atoms with Gasteiger partial charge in [-0.2, -0.15) is 0 Å². The average molecular weight is 225 g/mol. The fourth-order valence-corrected chi connectivity index (χ4v) is 3.41. The fourth-order valence-electron chi connectivity index (χ4n) is 3.41. The van der Waals surface area contributed by atoms with Crippen molar-refractivity contribution in [2.75, 3.05) is 13.1 Å². The molecule has 0 aromatic heterocycles. The third kappa shape index (κ3) is 1.86. The zero-order valence-electron chi connectivity index (χ0n) is 10.7. The molecule has 4 atom stereocenters. The molecule has 2 rings (SSSR count). The number of aliphatic hydroxyl groups is 1. The number of hydrogen-bond acceptors (Lipinski definition) is 2. The highest BCUT2D eigenvalue weighted by atomic mass is 16.3. The maximum Gasteiger partial charge on any atom is 0.253 e. The molecule has 1 saturated carbocycles. The summed E-state index contributed by atoms with van der Waals surface area (Å²) in [6.07, 6.45) is 1.24. The summed E-state index contributed by atoms with van der Waals surface area (Å²) in [5, 5.41) is 9.74. The van der Waals surface area contributed by atoms with Crippen LogP contribution in [0, 0.1) is 23.7 Å². The first-order valence-electron chi connectivity index (χ1n) is 6.32. The Hall–Kier alpha value is -0.570. The van der Waals surface area contributed by atoms with Crippen LogP contribution in [0.1, 0.15) is 34.1 Å². The van der Waals surface area contributed by atoms with E-state index in [9.17, 15) is 9.90 Å². The lowest BCUT2D eigenvalue weighted by Gasteiger charge is -2.26. The average Bonchev–Trinajstić information content (AvgIpc) is 2.66. The van der Waals surface area contributed by atoms with Gasteiger partial charge in [0, 0.05) is 13.1 Å². The normalized spacial score (nSPS) is 38.9. The van der Waals surface area contributed by atoms with E-state index in [4.69, 9.17) is 0 Å². The van der Waals surface area contributed by atoms with E-state index in [0.29, 0.717) is 17.8 Å². The molecule has 1 saturated heterocycles. The number of carbonyl (C=O) groups is 1. The van der Waals surface area contributed by atoms with E-state index in [-0.39, 0.29) is 5.91 Å². The topological polar surface area (TPSA) is 40.5 Å². The molecule has 0 aromatic carbocycles. The second kappa shape index (κ2) is 3.73. The second-order valence-electron chi connectivity index (χ2n) is 6.27. The van der Waals surface area contributed by atoms with Gasteiger partial charge < -0.3 is 10.0 Å². The van der Waals surface area contributed by atoms with E-state index in [1.165, 1.54) is 6.42 Å². The van der Waals surface area contributed by atoms with Crippen LogP contribution in [0.3, 0.4) is 0 Å². The summed E-state index contributed by atoms with van der Waals surface area (Å²) in [5.41, 5.74) is -1.21. The standard InChI is InChI=1S/C13H23NO2/c1-8-5-10-6-14(7-11(10)9(8)2)12(15)13(3,4)16/h8-11,16H,5-7H2,1-4H3/t8-,9+,10-,11-/m1/s1. The Labute approximate surface area is 97.8 Å². The van der Waals surface area contributed by atoms with Crippen molar-refractivity contribution >= 4 is 5.91 Å². The summed E-state index contributed by atoms with van der Waals surface area (Å²) in [6.45, 7) is 9.46. The van der Waals surface area contributed by atoms with Crippen LogP contribution >= 0.6 is 0 Å². The Bertz CT molecular complexity index is 295. The van der Waals surface area contributed by atoms with E-state index >= 15 is 0 Å². The zero-order chi connectivity index (χ0) is 12.1. The Morgan fingerprint density at radius 3 is 2.44 bits per heavy atom. The highest BCUT2D eigenvalue weighted by Crippen LogP contribution is 2.45. The van der Waals surface area contributed by atoms with Gasteiger partial charge in [0.15, 0.2) is 0 Å². The van der Waals surface area contributed by atoms with E-state index in [1.54, 1.807) is 13.8 Å². The number of fused-ring (bicyclic) bond motifs is 1. The molecule has 0 unspecified atom stereocenters. The monoisotopic (exact) mass is 225 g/mol. The van der Waals surface area contributed by atoms with Crippen LogP contribution in [0.25, 0.3) is 0 Å². The molecule has 1 aliphatic carbocycles. The molecule has 0 aromatic rings. The first-order valence-corrected chi connectivity index (χ1v) is 6.32. The summed E-state index contributed by atoms with van der Waals surface area (Å²) in [4.78, 5) is 13.8. The van der Waals surface area contributed by atoms with Crippen LogP contribution in [-0.4, -0.2) is 34.6 Å². The smallest absolute Gasteiger partial charge is 0.253 e. The van der Waals surface area contributed by atoms with Gasteiger partial charge in [0.1, 0.15) is 5.60 Å². The molecule has 3 nitrogen and oxygen atoms in total. The Balaban J connectivity index is 2.03. The van der Waals surface area contributed by atoms with E-state index in [0.717, 1.165) is 19.0 Å². The summed E-state index contributed by atoms with van der Waals surface area (Å²) >= 11 is 0. The molecule has 1 aliphatic heterocycles. The Kier molecular flexibility index (Phi) is 2.77. The lowest BCUT2D eigenvalue weighted by atomic mass is 9.91. The second-order valence-corrected chi connectivity index (χ2v) is 6.27. The van der Waals surface area contributed by atoms with Crippen molar-refractivity contribution in [3.63, 3.8) is 0 Å². The summed E-state index contributed by atoms with van der Waals surface area (Å²) in [5.74, 6) is 2.71. The van der Waals surface area contributed by atoms with Crippen LogP contribution in [0.2, 0.25) is 0 Å². The summed E-state index contributed by atoms with van der Waals surface area (Å²) in [7, 11) is 0. The van der Waals surface area contributed by atoms with Crippen molar-refractivity contribution in [1.29, 1.82) is 0 Å². The Morgan fingerprint density at radius 1 is 1.31 bits per heavy atom. The van der Waals surface area contributed by atoms with Gasteiger partial charge >= 0.3 is 0 Å². The van der Waals surface area contributed by atoms with Crippen molar-refractivity contribution in [2.45, 2.75) is 39.7 Å². The maximum atomic E-state index is 12.0. The van der Waals surface area contributed by atoms with Crippen LogP contribution in [0.15, 0.2) is 0 Å². The van der Waals surface area contributed by atoms with Crippen molar-refractivity contribution in [3.05, 3.63) is 0 Å². The van der Waals surface area contributed by atoms with E-state index in [1.807, 2.05) is 4.90 Å². The summed E-state index contributed by atoms with van der Waals surface area (Å²) < 4.78 is 0. The molecule has 92 valence electrons. The van der Waals surface area contributed by atoms with E-state index in [2.05, 4.69) is 13.8 Å². The maximum absolute atomic E-state index is 12.0. The van der Waals surface area contributed by atoms with Crippen LogP contribution < -0.4 is 0 Å². The molecular formula is C13H23NO2. The van der Waals surface area contributed by atoms with Crippen molar-refractivity contribution in [1.82, 2.24) is 4.90 Å². The number of likely N-dealkylation sites (tertiary alicyclic amines) is 1. The van der Waals surface area contributed by atoms with Gasteiger partial charge in [0.2, 0.25) is 0 Å². The number of carbonyl (C=O) groups excluding carboxylic acids is 1. The molecule has 2 aliphatic rings. The lowest BCUT2D eigenvalue weighted by molar-refractivity contribution is -0.147. The lowest BCUT2D eigenvalue weighted by Crippen LogP contribution is -2.44. The van der Waals surface area contributed by atoms with Gasteiger partial charge in [-0.25, -0.2) is 0 Å². The predicted octanol–water partition coefficient (Wildman–Crippen LogP) is 1.51. The minimum absolute atomic E-state index is 0.109. The minimum Gasteiger partial charge on any atom is -0.381 e. The molecule has 0 spiro atoms. The van der Waals surface area contributed by atoms with Gasteiger partial charge in [-0.1, -0.05) is 13.8 Å². The van der Waals surface area contributed by atoms with Crippen molar-refractivity contribution in [3.8, 4) is 0 Å². The SMILES string of the molecule is C[C@@H]1[C@H]2CN(C(=O)C(C)(C)O)C[C@H]2C[C@H]1C. The molecule has 0 bridgehead atoms. The van der Waals surface area contributed by atoms with Crippen molar-refractivity contribution in [2.24, 2.45) is 23.7 Å². The minimum atomic E-state index is -1.21. The molecule has 0 radical (unpaired) electrons. The number of amides is 1.